The maximum atomic E-state index is 10.3. The smallest absolute Gasteiger partial charge is 0.438 e. The molecular weight excluding hydrogens is 148 g/mol. The fourth-order valence-electron chi connectivity index (χ4n) is 0.328. The van der Waals surface area contributed by atoms with Crippen LogP contribution >= 0.6 is 0 Å². The molecule has 0 aromatic rings. The Labute approximate surface area is 65.4 Å². The molecule has 0 atom stereocenters. The summed E-state index contributed by atoms with van der Waals surface area (Å²) in [6, 6.07) is 0. The molecule has 0 heterocycles. The molecule has 0 aliphatic carbocycles. The molecule has 0 bridgehead atoms. The molecule has 0 amide bonds. The van der Waals surface area contributed by atoms with Crippen molar-refractivity contribution in [3.05, 3.63) is 0 Å². The van der Waals surface area contributed by atoms with Crippen molar-refractivity contribution in [2.24, 2.45) is 0 Å². The van der Waals surface area contributed by atoms with Crippen molar-refractivity contribution in [3.8, 4) is 11.8 Å². The fraction of sp³-hybridized carbons (Fsp3) is 0.571. The first-order valence-corrected chi connectivity index (χ1v) is 2.96. The van der Waals surface area contributed by atoms with Crippen LogP contribution in [-0.4, -0.2) is 33.6 Å². The summed E-state index contributed by atoms with van der Waals surface area (Å²) in [4.78, 5) is 10.3. The molecule has 4 heteroatoms. The van der Waals surface area contributed by atoms with Gasteiger partial charge in [-0.2, -0.15) is 0 Å². The van der Waals surface area contributed by atoms with Gasteiger partial charge in [-0.25, -0.2) is 4.79 Å². The van der Waals surface area contributed by atoms with Crippen molar-refractivity contribution >= 4 is 6.16 Å². The van der Waals surface area contributed by atoms with Crippen LogP contribution in [-0.2, 0) is 14.2 Å². The van der Waals surface area contributed by atoms with Crippen LogP contribution in [0.3, 0.4) is 0 Å². The van der Waals surface area contributed by atoms with Crippen molar-refractivity contribution in [3.63, 3.8) is 0 Å². The predicted molar refractivity (Wildman–Crippen MR) is 38.0 cm³/mol. The Balaban J connectivity index is 3.28. The third-order valence-electron chi connectivity index (χ3n) is 0.770. The Bertz CT molecular complexity index is 165. The number of carbonyl (C=O) groups excluding carboxylic acids is 1. The number of hydrogen-bond donors (Lipinski definition) is 0. The highest BCUT2D eigenvalue weighted by atomic mass is 16.7. The van der Waals surface area contributed by atoms with E-state index in [2.05, 4.69) is 26.1 Å². The second-order valence-corrected chi connectivity index (χ2v) is 1.53. The summed E-state index contributed by atoms with van der Waals surface area (Å²) in [6.45, 7) is 0.376. The summed E-state index contributed by atoms with van der Waals surface area (Å²) in [5.74, 6) is 5.16. The van der Waals surface area contributed by atoms with E-state index in [1.165, 1.54) is 14.2 Å². The van der Waals surface area contributed by atoms with Crippen LogP contribution < -0.4 is 0 Å². The Morgan fingerprint density at radius 1 is 1.27 bits per heavy atom. The lowest BCUT2D eigenvalue weighted by molar-refractivity contribution is 0.0832. The molecule has 0 saturated heterocycles. The predicted octanol–water partition coefficient (Wildman–Crippen LogP) is 0.419. The van der Waals surface area contributed by atoms with Gasteiger partial charge in [-0.1, -0.05) is 11.8 Å². The van der Waals surface area contributed by atoms with E-state index in [0.717, 1.165) is 0 Å². The van der Waals surface area contributed by atoms with Gasteiger partial charge in [0.05, 0.1) is 7.11 Å². The minimum Gasteiger partial charge on any atom is -0.438 e. The fourth-order valence-corrected chi connectivity index (χ4v) is 0.328. The molecule has 0 unspecified atom stereocenters. The van der Waals surface area contributed by atoms with Crippen LogP contribution in [0.25, 0.3) is 0 Å². The molecule has 0 aliphatic rings. The lowest BCUT2D eigenvalue weighted by Gasteiger charge is -1.95. The topological polar surface area (TPSA) is 44.8 Å². The van der Waals surface area contributed by atoms with Crippen LogP contribution in [0.15, 0.2) is 0 Å². The molecular formula is C7H10O4. The highest BCUT2D eigenvalue weighted by molar-refractivity contribution is 5.59. The average Bonchev–Trinajstić information content (AvgIpc) is 2.04. The van der Waals surface area contributed by atoms with Crippen molar-refractivity contribution in [2.45, 2.75) is 0 Å². The molecule has 0 spiro atoms. The highest BCUT2D eigenvalue weighted by Gasteiger charge is 1.94. The second kappa shape index (κ2) is 6.90. The zero-order chi connectivity index (χ0) is 8.53. The van der Waals surface area contributed by atoms with E-state index >= 15 is 0 Å². The highest BCUT2D eigenvalue weighted by Crippen LogP contribution is 1.79. The van der Waals surface area contributed by atoms with E-state index in [9.17, 15) is 4.79 Å². The van der Waals surface area contributed by atoms with Crippen molar-refractivity contribution in [1.82, 2.24) is 0 Å². The molecule has 0 aliphatic heterocycles. The number of hydrogen-bond acceptors (Lipinski definition) is 4. The Hall–Kier alpha value is -1.21. The normalized spacial score (nSPS) is 7.82. The van der Waals surface area contributed by atoms with Crippen LogP contribution in [0.4, 0.5) is 4.79 Å². The van der Waals surface area contributed by atoms with E-state index in [-0.39, 0.29) is 6.61 Å². The molecule has 0 fully saturated rings. The van der Waals surface area contributed by atoms with Gasteiger partial charge in [0.25, 0.3) is 0 Å². The lowest BCUT2D eigenvalue weighted by atomic mass is 10.6. The molecule has 0 aromatic carbocycles. The second-order valence-electron chi connectivity index (χ2n) is 1.53. The number of methoxy groups -OCH3 is 2. The van der Waals surface area contributed by atoms with Crippen LogP contribution in [0.5, 0.6) is 0 Å². The van der Waals surface area contributed by atoms with Crippen molar-refractivity contribution in [2.75, 3.05) is 27.4 Å². The van der Waals surface area contributed by atoms with Crippen molar-refractivity contribution in [1.29, 1.82) is 0 Å². The van der Waals surface area contributed by atoms with Gasteiger partial charge in [-0.05, 0) is 0 Å². The third-order valence-corrected chi connectivity index (χ3v) is 0.770. The summed E-state index contributed by atoms with van der Waals surface area (Å²) in [6.07, 6.45) is -0.725. The summed E-state index contributed by atoms with van der Waals surface area (Å²) in [5.41, 5.74) is 0. The first-order valence-electron chi connectivity index (χ1n) is 2.96. The first-order chi connectivity index (χ1) is 5.31. The quantitative estimate of drug-likeness (QED) is 0.431. The van der Waals surface area contributed by atoms with Gasteiger partial charge < -0.3 is 14.2 Å². The molecule has 0 radical (unpaired) electrons. The minimum atomic E-state index is -0.725. The van der Waals surface area contributed by atoms with Crippen LogP contribution in [0, 0.1) is 11.8 Å². The number of carbonyl (C=O) groups is 1. The summed E-state index contributed by atoms with van der Waals surface area (Å²) < 4.78 is 13.3. The van der Waals surface area contributed by atoms with Crippen LogP contribution in [0.1, 0.15) is 0 Å². The van der Waals surface area contributed by atoms with E-state index in [1.54, 1.807) is 0 Å². The summed E-state index contributed by atoms with van der Waals surface area (Å²) in [7, 11) is 2.78. The molecule has 0 N–H and O–H groups in total. The van der Waals surface area contributed by atoms with Gasteiger partial charge in [0.1, 0.15) is 6.61 Å². The average molecular weight is 158 g/mol. The Kier molecular flexibility index (Phi) is 6.14. The third kappa shape index (κ3) is 6.68. The summed E-state index contributed by atoms with van der Waals surface area (Å²) >= 11 is 0. The first kappa shape index (κ1) is 9.79. The lowest BCUT2D eigenvalue weighted by Crippen LogP contribution is -2.03. The monoisotopic (exact) mass is 158 g/mol. The van der Waals surface area contributed by atoms with E-state index in [0.29, 0.717) is 6.61 Å². The molecule has 0 saturated carbocycles. The van der Waals surface area contributed by atoms with Gasteiger partial charge in [0.15, 0.2) is 6.61 Å². The van der Waals surface area contributed by atoms with E-state index in [4.69, 9.17) is 0 Å². The Morgan fingerprint density at radius 2 is 1.91 bits per heavy atom. The molecule has 0 rings (SSSR count). The maximum Gasteiger partial charge on any atom is 0.508 e. The van der Waals surface area contributed by atoms with E-state index in [1.807, 2.05) is 0 Å². The SMILES string of the molecule is COCC#CCOC(=O)OC. The van der Waals surface area contributed by atoms with E-state index < -0.39 is 6.16 Å². The standard InChI is InChI=1S/C7H10O4/c1-9-5-3-4-6-11-7(8)10-2/h5-6H2,1-2H3. The molecule has 11 heavy (non-hydrogen) atoms. The summed E-state index contributed by atoms with van der Waals surface area (Å²) in [5, 5.41) is 0. The molecule has 4 nitrogen and oxygen atoms in total. The largest absolute Gasteiger partial charge is 0.508 e. The zero-order valence-electron chi connectivity index (χ0n) is 6.55. The molecule has 62 valence electrons. The number of ether oxygens (including phenoxy) is 3. The van der Waals surface area contributed by atoms with Crippen LogP contribution in [0.2, 0.25) is 0 Å². The zero-order valence-corrected chi connectivity index (χ0v) is 6.55. The number of rotatable bonds is 2. The Morgan fingerprint density at radius 3 is 2.45 bits per heavy atom. The van der Waals surface area contributed by atoms with Gasteiger partial charge in [0.2, 0.25) is 0 Å². The van der Waals surface area contributed by atoms with Gasteiger partial charge >= 0.3 is 6.16 Å². The molecule has 0 aromatic heterocycles. The maximum absolute atomic E-state index is 10.3. The van der Waals surface area contributed by atoms with Gasteiger partial charge in [-0.3, -0.25) is 0 Å². The van der Waals surface area contributed by atoms with Gasteiger partial charge in [-0.15, -0.1) is 0 Å². The van der Waals surface area contributed by atoms with Crippen molar-refractivity contribution < 1.29 is 19.0 Å². The van der Waals surface area contributed by atoms with Gasteiger partial charge in [0, 0.05) is 7.11 Å². The minimum absolute atomic E-state index is 0.0377.